The van der Waals surface area contributed by atoms with Crippen molar-refractivity contribution in [2.75, 3.05) is 0 Å². The normalized spacial score (nSPS) is 16.7. The summed E-state index contributed by atoms with van der Waals surface area (Å²) >= 11 is 0. The molecule has 0 N–H and O–H groups in total. The van der Waals surface area contributed by atoms with E-state index >= 15 is 0 Å². The van der Waals surface area contributed by atoms with Crippen LogP contribution in [-0.2, 0) is 9.53 Å². The van der Waals surface area contributed by atoms with Crippen LogP contribution in [-0.4, -0.2) is 6.47 Å². The average Bonchev–Trinajstić information content (AvgIpc) is 1.91. The lowest BCUT2D eigenvalue weighted by Gasteiger charge is -2.01. The maximum Gasteiger partial charge on any atom is 0.298 e. The largest absolute Gasteiger partial charge is 0.429 e. The van der Waals surface area contributed by atoms with E-state index in [1.807, 2.05) is 12.2 Å². The Balaban J connectivity index is 2.47. The molecule has 48 valence electrons. The lowest BCUT2D eigenvalue weighted by Crippen LogP contribution is -1.88. The summed E-state index contributed by atoms with van der Waals surface area (Å²) in [6, 6.07) is 0. The van der Waals surface area contributed by atoms with Gasteiger partial charge >= 0.3 is 0 Å². The van der Waals surface area contributed by atoms with E-state index in [9.17, 15) is 4.79 Å². The molecule has 2 nitrogen and oxygen atoms in total. The number of hydrogen-bond donors (Lipinski definition) is 0. The standard InChI is InChI=1S/C7H8O2/c8-6-9-7-4-2-1-3-5-7/h2,4-6H,1,3H2. The van der Waals surface area contributed by atoms with Crippen LogP contribution in [0.4, 0.5) is 0 Å². The Kier molecular flexibility index (Phi) is 2.07. The molecule has 2 heteroatoms. The van der Waals surface area contributed by atoms with Gasteiger partial charge in [0.05, 0.1) is 0 Å². The van der Waals surface area contributed by atoms with Gasteiger partial charge in [-0.25, -0.2) is 0 Å². The molecular weight excluding hydrogens is 116 g/mol. The van der Waals surface area contributed by atoms with Gasteiger partial charge in [-0.2, -0.15) is 0 Å². The van der Waals surface area contributed by atoms with Crippen molar-refractivity contribution in [1.29, 1.82) is 0 Å². The molecular formula is C7H8O2. The molecule has 9 heavy (non-hydrogen) atoms. The van der Waals surface area contributed by atoms with Gasteiger partial charge in [0.1, 0.15) is 5.76 Å². The van der Waals surface area contributed by atoms with Crippen LogP contribution in [0.1, 0.15) is 12.8 Å². The van der Waals surface area contributed by atoms with Crippen LogP contribution in [0.25, 0.3) is 0 Å². The fourth-order valence-electron chi connectivity index (χ4n) is 0.732. The summed E-state index contributed by atoms with van der Waals surface area (Å²) in [6.45, 7) is 0.446. The molecule has 0 saturated carbocycles. The predicted molar refractivity (Wildman–Crippen MR) is 33.6 cm³/mol. The van der Waals surface area contributed by atoms with E-state index in [2.05, 4.69) is 4.74 Å². The fraction of sp³-hybridized carbons (Fsp3) is 0.286. The smallest absolute Gasteiger partial charge is 0.298 e. The highest BCUT2D eigenvalue weighted by atomic mass is 16.5. The maximum atomic E-state index is 9.78. The Morgan fingerprint density at radius 3 is 3.00 bits per heavy atom. The Labute approximate surface area is 53.8 Å². The second-order valence-electron chi connectivity index (χ2n) is 1.80. The number of carbonyl (C=O) groups is 1. The first-order valence-electron chi connectivity index (χ1n) is 2.90. The third-order valence-electron chi connectivity index (χ3n) is 1.15. The van der Waals surface area contributed by atoms with Gasteiger partial charge in [-0.05, 0) is 25.0 Å². The summed E-state index contributed by atoms with van der Waals surface area (Å²) in [7, 11) is 0. The van der Waals surface area contributed by atoms with Gasteiger partial charge in [-0.3, -0.25) is 4.79 Å². The molecule has 0 aromatic rings. The van der Waals surface area contributed by atoms with Crippen molar-refractivity contribution >= 4 is 6.47 Å². The molecule has 0 heterocycles. The third kappa shape index (κ3) is 1.72. The summed E-state index contributed by atoms with van der Waals surface area (Å²) < 4.78 is 4.58. The van der Waals surface area contributed by atoms with Gasteiger partial charge in [0, 0.05) is 0 Å². The lowest BCUT2D eigenvalue weighted by atomic mass is 10.2. The topological polar surface area (TPSA) is 26.3 Å². The van der Waals surface area contributed by atoms with Crippen LogP contribution in [0.2, 0.25) is 0 Å². The number of rotatable bonds is 2. The SMILES string of the molecule is O=COC1=CCCC=C1. The van der Waals surface area contributed by atoms with Gasteiger partial charge in [0.25, 0.3) is 6.47 Å². The van der Waals surface area contributed by atoms with Gasteiger partial charge in [-0.1, -0.05) is 6.08 Å². The van der Waals surface area contributed by atoms with Crippen LogP contribution in [0.5, 0.6) is 0 Å². The molecule has 0 aliphatic heterocycles. The number of hydrogen-bond acceptors (Lipinski definition) is 2. The Hall–Kier alpha value is -1.05. The molecule has 0 unspecified atom stereocenters. The Bertz CT molecular complexity index is 156. The van der Waals surface area contributed by atoms with Crippen LogP contribution in [0.3, 0.4) is 0 Å². The van der Waals surface area contributed by atoms with Crippen molar-refractivity contribution in [2.45, 2.75) is 12.8 Å². The minimum Gasteiger partial charge on any atom is -0.429 e. The molecule has 0 fully saturated rings. The van der Waals surface area contributed by atoms with E-state index < -0.39 is 0 Å². The molecule has 0 aromatic carbocycles. The van der Waals surface area contributed by atoms with Crippen molar-refractivity contribution in [2.24, 2.45) is 0 Å². The minimum atomic E-state index is 0.446. The van der Waals surface area contributed by atoms with Crippen LogP contribution >= 0.6 is 0 Å². The summed E-state index contributed by atoms with van der Waals surface area (Å²) in [5, 5.41) is 0. The molecule has 1 aliphatic rings. The molecule has 0 saturated heterocycles. The summed E-state index contributed by atoms with van der Waals surface area (Å²) in [6.07, 6.45) is 7.70. The molecule has 0 bridgehead atoms. The second-order valence-corrected chi connectivity index (χ2v) is 1.80. The molecule has 0 spiro atoms. The van der Waals surface area contributed by atoms with Crippen LogP contribution in [0.15, 0.2) is 24.0 Å². The maximum absolute atomic E-state index is 9.78. The minimum absolute atomic E-state index is 0.446. The zero-order chi connectivity index (χ0) is 6.53. The fourth-order valence-corrected chi connectivity index (χ4v) is 0.732. The van der Waals surface area contributed by atoms with E-state index in [0.717, 1.165) is 12.8 Å². The first kappa shape index (κ1) is 6.08. The number of carbonyl (C=O) groups excluding carboxylic acids is 1. The first-order valence-corrected chi connectivity index (χ1v) is 2.90. The predicted octanol–water partition coefficient (Wildman–Crippen LogP) is 1.39. The molecule has 1 aliphatic carbocycles. The third-order valence-corrected chi connectivity index (χ3v) is 1.15. The highest BCUT2D eigenvalue weighted by molar-refractivity contribution is 5.41. The zero-order valence-electron chi connectivity index (χ0n) is 5.04. The molecule has 0 amide bonds. The summed E-state index contributed by atoms with van der Waals surface area (Å²) in [5.41, 5.74) is 0. The van der Waals surface area contributed by atoms with E-state index in [-0.39, 0.29) is 0 Å². The highest BCUT2D eigenvalue weighted by Gasteiger charge is 1.94. The van der Waals surface area contributed by atoms with Crippen LogP contribution in [0, 0.1) is 0 Å². The molecule has 1 rings (SSSR count). The zero-order valence-corrected chi connectivity index (χ0v) is 5.04. The van der Waals surface area contributed by atoms with Gasteiger partial charge in [-0.15, -0.1) is 0 Å². The van der Waals surface area contributed by atoms with Crippen molar-refractivity contribution in [3.8, 4) is 0 Å². The highest BCUT2D eigenvalue weighted by Crippen LogP contribution is 2.08. The van der Waals surface area contributed by atoms with Crippen molar-refractivity contribution in [3.63, 3.8) is 0 Å². The molecule has 0 atom stereocenters. The van der Waals surface area contributed by atoms with Crippen molar-refractivity contribution < 1.29 is 9.53 Å². The van der Waals surface area contributed by atoms with Crippen molar-refractivity contribution in [3.05, 3.63) is 24.0 Å². The van der Waals surface area contributed by atoms with Gasteiger partial charge < -0.3 is 4.74 Å². The van der Waals surface area contributed by atoms with E-state index in [1.165, 1.54) is 0 Å². The van der Waals surface area contributed by atoms with Gasteiger partial charge in [0.15, 0.2) is 0 Å². The molecule has 0 radical (unpaired) electrons. The van der Waals surface area contributed by atoms with E-state index in [1.54, 1.807) is 6.08 Å². The average molecular weight is 124 g/mol. The second kappa shape index (κ2) is 3.07. The number of allylic oxidation sites excluding steroid dienone is 3. The monoisotopic (exact) mass is 124 g/mol. The quantitative estimate of drug-likeness (QED) is 0.520. The van der Waals surface area contributed by atoms with Crippen molar-refractivity contribution in [1.82, 2.24) is 0 Å². The summed E-state index contributed by atoms with van der Waals surface area (Å²) in [4.78, 5) is 9.78. The van der Waals surface area contributed by atoms with Gasteiger partial charge in [0.2, 0.25) is 0 Å². The Morgan fingerprint density at radius 1 is 1.56 bits per heavy atom. The van der Waals surface area contributed by atoms with E-state index in [0.29, 0.717) is 12.2 Å². The number of ether oxygens (including phenoxy) is 1. The summed E-state index contributed by atoms with van der Waals surface area (Å²) in [5.74, 6) is 0.663. The van der Waals surface area contributed by atoms with Crippen LogP contribution < -0.4 is 0 Å². The lowest BCUT2D eigenvalue weighted by molar-refractivity contribution is -0.124. The molecule has 0 aromatic heterocycles. The first-order chi connectivity index (χ1) is 4.43. The van der Waals surface area contributed by atoms with E-state index in [4.69, 9.17) is 0 Å². The Morgan fingerprint density at radius 2 is 2.44 bits per heavy atom.